The van der Waals surface area contributed by atoms with E-state index in [1.54, 1.807) is 36.4 Å². The molecule has 0 aliphatic rings. The number of nitrogens with one attached hydrogen (secondary N) is 2. The predicted octanol–water partition coefficient (Wildman–Crippen LogP) is 6.09. The first-order valence-electron chi connectivity index (χ1n) is 12.3. The van der Waals surface area contributed by atoms with Gasteiger partial charge in [-0.1, -0.05) is 60.1 Å². The Bertz CT molecular complexity index is 1430. The third kappa shape index (κ3) is 8.89. The second-order valence-corrected chi connectivity index (χ2v) is 8.98. The zero-order valence-electron chi connectivity index (χ0n) is 21.5. The van der Waals surface area contributed by atoms with E-state index in [0.29, 0.717) is 36.6 Å². The summed E-state index contributed by atoms with van der Waals surface area (Å²) in [7, 11) is 0. The second-order valence-electron chi connectivity index (χ2n) is 8.57. The van der Waals surface area contributed by atoms with Crippen LogP contribution >= 0.6 is 11.6 Å². The summed E-state index contributed by atoms with van der Waals surface area (Å²) in [5.74, 6) is -0.995. The van der Waals surface area contributed by atoms with Crippen molar-refractivity contribution in [2.75, 3.05) is 23.3 Å². The van der Waals surface area contributed by atoms with Crippen LogP contribution in [0.25, 0.3) is 12.2 Å². The lowest BCUT2D eigenvalue weighted by Crippen LogP contribution is -2.29. The Kier molecular flexibility index (Phi) is 10.9. The van der Waals surface area contributed by atoms with Gasteiger partial charge in [0.1, 0.15) is 5.70 Å². The van der Waals surface area contributed by atoms with E-state index in [1.807, 2.05) is 60.4 Å². The lowest BCUT2D eigenvalue weighted by atomic mass is 10.1. The Morgan fingerprint density at radius 1 is 0.949 bits per heavy atom. The van der Waals surface area contributed by atoms with E-state index in [2.05, 4.69) is 22.8 Å². The van der Waals surface area contributed by atoms with Crippen LogP contribution in [0.5, 0.6) is 0 Å². The molecule has 0 saturated heterocycles. The molecule has 0 radical (unpaired) electrons. The highest BCUT2D eigenvalue weighted by molar-refractivity contribution is 6.34. The largest absolute Gasteiger partial charge is 0.369 e. The molecule has 8 heteroatoms. The number of hydrogen-bond donors (Lipinski definition) is 2. The highest BCUT2D eigenvalue weighted by atomic mass is 35.5. The third-order valence-corrected chi connectivity index (χ3v) is 6.09. The van der Waals surface area contributed by atoms with E-state index in [0.717, 1.165) is 22.4 Å². The standard InChI is InChI=1S/C31H28ClN5O2/c1-23-21-26(37(19-7-17-33)20-8-18-34)15-14-25(23)22-29(31(39)36-28-12-6-5-11-27(28)32)35-30(38)16-13-24-9-3-2-4-10-24/h2-6,9-16,21-22H,7-8,19-20H2,1H3,(H,35,38)(H,36,39). The average Bonchev–Trinajstić information content (AvgIpc) is 2.94. The van der Waals surface area contributed by atoms with Crippen molar-refractivity contribution in [1.82, 2.24) is 5.32 Å². The van der Waals surface area contributed by atoms with Gasteiger partial charge < -0.3 is 15.5 Å². The summed E-state index contributed by atoms with van der Waals surface area (Å²) >= 11 is 6.22. The summed E-state index contributed by atoms with van der Waals surface area (Å²) in [6.07, 6.45) is 5.30. The van der Waals surface area contributed by atoms with Gasteiger partial charge in [0.2, 0.25) is 5.91 Å². The molecule has 0 aliphatic carbocycles. The number of para-hydroxylation sites is 1. The van der Waals surface area contributed by atoms with Crippen LogP contribution in [0.15, 0.2) is 84.6 Å². The van der Waals surface area contributed by atoms with Gasteiger partial charge in [0.05, 0.1) is 35.7 Å². The van der Waals surface area contributed by atoms with Crippen molar-refractivity contribution in [1.29, 1.82) is 10.5 Å². The molecule has 196 valence electrons. The number of halogens is 1. The lowest BCUT2D eigenvalue weighted by Gasteiger charge is -2.23. The average molecular weight is 538 g/mol. The summed E-state index contributed by atoms with van der Waals surface area (Å²) in [4.78, 5) is 28.0. The zero-order chi connectivity index (χ0) is 28.0. The molecule has 3 aromatic rings. The maximum absolute atomic E-state index is 13.3. The molecule has 0 saturated carbocycles. The van der Waals surface area contributed by atoms with Crippen LogP contribution in [0.2, 0.25) is 5.02 Å². The minimum Gasteiger partial charge on any atom is -0.369 e. The Balaban J connectivity index is 1.90. The number of amides is 2. The maximum atomic E-state index is 13.3. The van der Waals surface area contributed by atoms with Gasteiger partial charge in [-0.2, -0.15) is 10.5 Å². The van der Waals surface area contributed by atoms with Gasteiger partial charge in [-0.05, 0) is 60.0 Å². The summed E-state index contributed by atoms with van der Waals surface area (Å²) in [5.41, 5.74) is 3.75. The van der Waals surface area contributed by atoms with E-state index in [4.69, 9.17) is 22.1 Å². The van der Waals surface area contributed by atoms with E-state index in [9.17, 15) is 9.59 Å². The van der Waals surface area contributed by atoms with E-state index >= 15 is 0 Å². The summed E-state index contributed by atoms with van der Waals surface area (Å²) in [6.45, 7) is 2.90. The van der Waals surface area contributed by atoms with Crippen LogP contribution in [0.1, 0.15) is 29.5 Å². The Morgan fingerprint density at radius 2 is 1.62 bits per heavy atom. The van der Waals surface area contributed by atoms with E-state index < -0.39 is 11.8 Å². The molecule has 39 heavy (non-hydrogen) atoms. The first kappa shape index (κ1) is 28.7. The van der Waals surface area contributed by atoms with Crippen molar-refractivity contribution in [2.45, 2.75) is 19.8 Å². The number of anilines is 2. The Morgan fingerprint density at radius 3 is 2.26 bits per heavy atom. The molecule has 7 nitrogen and oxygen atoms in total. The molecule has 0 heterocycles. The second kappa shape index (κ2) is 14.8. The van der Waals surface area contributed by atoms with Crippen LogP contribution in [0.3, 0.4) is 0 Å². The van der Waals surface area contributed by atoms with Gasteiger partial charge in [-0.25, -0.2) is 0 Å². The monoisotopic (exact) mass is 537 g/mol. The summed E-state index contributed by atoms with van der Waals surface area (Å²) in [6, 6.07) is 26.1. The van der Waals surface area contributed by atoms with Crippen LogP contribution in [-0.2, 0) is 9.59 Å². The molecule has 0 spiro atoms. The molecule has 2 N–H and O–H groups in total. The number of aryl methyl sites for hydroxylation is 1. The molecule has 0 unspecified atom stereocenters. The molecule has 0 atom stereocenters. The van der Waals surface area contributed by atoms with Crippen molar-refractivity contribution in [2.24, 2.45) is 0 Å². The lowest BCUT2D eigenvalue weighted by molar-refractivity contribution is -0.118. The van der Waals surface area contributed by atoms with Crippen molar-refractivity contribution >= 4 is 46.9 Å². The predicted molar refractivity (Wildman–Crippen MR) is 156 cm³/mol. The van der Waals surface area contributed by atoms with Crippen LogP contribution < -0.4 is 15.5 Å². The minimum absolute atomic E-state index is 0.0410. The van der Waals surface area contributed by atoms with Gasteiger partial charge in [0, 0.05) is 24.9 Å². The smallest absolute Gasteiger partial charge is 0.272 e. The highest BCUT2D eigenvalue weighted by Crippen LogP contribution is 2.23. The van der Waals surface area contributed by atoms with Gasteiger partial charge in [0.15, 0.2) is 0 Å². The molecule has 0 fully saturated rings. The molecule has 0 aromatic heterocycles. The molecular formula is C31H28ClN5O2. The molecule has 0 aliphatic heterocycles. The van der Waals surface area contributed by atoms with Gasteiger partial charge in [-0.3, -0.25) is 9.59 Å². The quantitative estimate of drug-likeness (QED) is 0.288. The van der Waals surface area contributed by atoms with Gasteiger partial charge >= 0.3 is 0 Å². The summed E-state index contributed by atoms with van der Waals surface area (Å²) in [5, 5.41) is 23.8. The van der Waals surface area contributed by atoms with Crippen molar-refractivity contribution in [3.05, 3.63) is 106 Å². The van der Waals surface area contributed by atoms with Crippen molar-refractivity contribution in [3.8, 4) is 12.1 Å². The number of nitriles is 2. The first-order chi connectivity index (χ1) is 18.9. The molecule has 3 rings (SSSR count). The Hall–Kier alpha value is -4.85. The van der Waals surface area contributed by atoms with Gasteiger partial charge in [-0.15, -0.1) is 0 Å². The number of hydrogen-bond acceptors (Lipinski definition) is 5. The fourth-order valence-corrected chi connectivity index (χ4v) is 3.92. The number of carbonyl (C=O) groups excluding carboxylic acids is 2. The zero-order valence-corrected chi connectivity index (χ0v) is 22.3. The van der Waals surface area contributed by atoms with Crippen LogP contribution in [-0.4, -0.2) is 24.9 Å². The molecular weight excluding hydrogens is 510 g/mol. The minimum atomic E-state index is -0.530. The SMILES string of the molecule is Cc1cc(N(CCC#N)CCC#N)ccc1C=C(NC(=O)C=Cc1ccccc1)C(=O)Nc1ccccc1Cl. The van der Waals surface area contributed by atoms with Gasteiger partial charge in [0.25, 0.3) is 5.91 Å². The van der Waals surface area contributed by atoms with Crippen LogP contribution in [0, 0.1) is 29.6 Å². The number of rotatable bonds is 11. The molecule has 2 amide bonds. The maximum Gasteiger partial charge on any atom is 0.272 e. The van der Waals surface area contributed by atoms with E-state index in [-0.39, 0.29) is 5.70 Å². The third-order valence-electron chi connectivity index (χ3n) is 5.76. The molecule has 0 bridgehead atoms. The summed E-state index contributed by atoms with van der Waals surface area (Å²) < 4.78 is 0. The molecule has 3 aromatic carbocycles. The first-order valence-corrected chi connectivity index (χ1v) is 12.7. The number of carbonyl (C=O) groups is 2. The fourth-order valence-electron chi connectivity index (χ4n) is 3.74. The van der Waals surface area contributed by atoms with Crippen molar-refractivity contribution in [3.63, 3.8) is 0 Å². The number of nitrogens with zero attached hydrogens (tertiary/aromatic N) is 3. The fraction of sp³-hybridized carbons (Fsp3) is 0.161. The van der Waals surface area contributed by atoms with Crippen LogP contribution in [0.4, 0.5) is 11.4 Å². The normalized spacial score (nSPS) is 10.9. The Labute approximate surface area is 233 Å². The number of benzene rings is 3. The highest BCUT2D eigenvalue weighted by Gasteiger charge is 2.15. The van der Waals surface area contributed by atoms with Crippen molar-refractivity contribution < 1.29 is 9.59 Å². The topological polar surface area (TPSA) is 109 Å². The van der Waals surface area contributed by atoms with E-state index in [1.165, 1.54) is 6.08 Å².